The van der Waals surface area contributed by atoms with Gasteiger partial charge < -0.3 is 15.7 Å². The molecule has 1 rings (SSSR count). The average Bonchev–Trinajstić information content (AvgIpc) is 2.49. The summed E-state index contributed by atoms with van der Waals surface area (Å²) in [6, 6.07) is 7.34. The molecule has 0 aliphatic heterocycles. The summed E-state index contributed by atoms with van der Waals surface area (Å²) in [5, 5.41) is 14.3. The first kappa shape index (κ1) is 16.7. The van der Waals surface area contributed by atoms with E-state index < -0.39 is 17.9 Å². The van der Waals surface area contributed by atoms with E-state index in [9.17, 15) is 19.5 Å². The lowest BCUT2D eigenvalue weighted by Crippen LogP contribution is -2.34. The van der Waals surface area contributed by atoms with Gasteiger partial charge in [0.1, 0.15) is 0 Å². The third-order valence-corrected chi connectivity index (χ3v) is 2.84. The summed E-state index contributed by atoms with van der Waals surface area (Å²) >= 11 is 0. The van der Waals surface area contributed by atoms with Gasteiger partial charge in [0.15, 0.2) is 6.04 Å². The van der Waals surface area contributed by atoms with Crippen LogP contribution in [0.15, 0.2) is 30.3 Å². The second-order valence-electron chi connectivity index (χ2n) is 4.60. The molecule has 0 fully saturated rings. The summed E-state index contributed by atoms with van der Waals surface area (Å²) in [6.45, 7) is 2.51. The smallest absolute Gasteiger partial charge is 0.330 e. The van der Waals surface area contributed by atoms with Gasteiger partial charge in [-0.25, -0.2) is 4.79 Å². The van der Waals surface area contributed by atoms with E-state index in [1.807, 2.05) is 6.92 Å². The molecule has 0 saturated heterocycles. The second-order valence-corrected chi connectivity index (χ2v) is 4.60. The number of hydrogen-bond acceptors (Lipinski definition) is 3. The van der Waals surface area contributed by atoms with Gasteiger partial charge >= 0.3 is 5.97 Å². The van der Waals surface area contributed by atoms with Crippen molar-refractivity contribution in [1.29, 1.82) is 0 Å². The molecule has 6 nitrogen and oxygen atoms in total. The molecule has 3 N–H and O–H groups in total. The molecule has 1 aromatic carbocycles. The van der Waals surface area contributed by atoms with Gasteiger partial charge in [-0.1, -0.05) is 37.3 Å². The molecule has 0 unspecified atom stereocenters. The fraction of sp³-hybridized carbons (Fsp3) is 0.400. The van der Waals surface area contributed by atoms with E-state index in [0.717, 1.165) is 6.42 Å². The Kier molecular flexibility index (Phi) is 6.94. The Hall–Kier alpha value is -2.37. The Labute approximate surface area is 123 Å². The molecule has 21 heavy (non-hydrogen) atoms. The van der Waals surface area contributed by atoms with Crippen LogP contribution in [0.3, 0.4) is 0 Å². The van der Waals surface area contributed by atoms with Crippen molar-refractivity contribution in [2.75, 3.05) is 6.54 Å². The van der Waals surface area contributed by atoms with Crippen molar-refractivity contribution in [3.8, 4) is 0 Å². The van der Waals surface area contributed by atoms with Crippen molar-refractivity contribution >= 4 is 17.8 Å². The molecule has 0 aromatic heterocycles. The van der Waals surface area contributed by atoms with Crippen LogP contribution >= 0.6 is 0 Å². The molecule has 0 saturated carbocycles. The van der Waals surface area contributed by atoms with Crippen LogP contribution in [0.4, 0.5) is 0 Å². The predicted octanol–water partition coefficient (Wildman–Crippen LogP) is 1.23. The Balaban J connectivity index is 2.51. The van der Waals surface area contributed by atoms with Crippen molar-refractivity contribution in [1.82, 2.24) is 10.6 Å². The van der Waals surface area contributed by atoms with Gasteiger partial charge in [-0.3, -0.25) is 9.59 Å². The summed E-state index contributed by atoms with van der Waals surface area (Å²) in [5.41, 5.74) is 0.494. The largest absolute Gasteiger partial charge is 0.479 e. The van der Waals surface area contributed by atoms with E-state index in [2.05, 4.69) is 10.6 Å². The minimum Gasteiger partial charge on any atom is -0.479 e. The van der Waals surface area contributed by atoms with Crippen LogP contribution in [-0.2, 0) is 14.4 Å². The number of carboxylic acids is 1. The highest BCUT2D eigenvalue weighted by molar-refractivity contribution is 5.87. The number of amides is 2. The predicted molar refractivity (Wildman–Crippen MR) is 77.5 cm³/mol. The van der Waals surface area contributed by atoms with E-state index in [4.69, 9.17) is 0 Å². The molecule has 6 heteroatoms. The van der Waals surface area contributed by atoms with Crippen molar-refractivity contribution in [2.45, 2.75) is 32.2 Å². The number of nitrogens with one attached hydrogen (secondary N) is 2. The lowest BCUT2D eigenvalue weighted by molar-refractivity contribution is -0.142. The Morgan fingerprint density at radius 3 is 2.29 bits per heavy atom. The fourth-order valence-electron chi connectivity index (χ4n) is 1.75. The zero-order valence-corrected chi connectivity index (χ0v) is 12.0. The summed E-state index contributed by atoms with van der Waals surface area (Å²) < 4.78 is 0. The van der Waals surface area contributed by atoms with Gasteiger partial charge in [-0.05, 0) is 12.0 Å². The van der Waals surface area contributed by atoms with Crippen molar-refractivity contribution in [2.24, 2.45) is 0 Å². The Morgan fingerprint density at radius 1 is 1.10 bits per heavy atom. The van der Waals surface area contributed by atoms with Crippen LogP contribution in [0.1, 0.15) is 37.8 Å². The van der Waals surface area contributed by atoms with Gasteiger partial charge in [-0.15, -0.1) is 0 Å². The molecule has 0 spiro atoms. The van der Waals surface area contributed by atoms with Crippen molar-refractivity contribution < 1.29 is 19.5 Å². The van der Waals surface area contributed by atoms with Crippen LogP contribution in [0.2, 0.25) is 0 Å². The Morgan fingerprint density at radius 2 is 1.71 bits per heavy atom. The first-order valence-electron chi connectivity index (χ1n) is 6.88. The lowest BCUT2D eigenvalue weighted by atomic mass is 10.1. The number of rotatable bonds is 8. The lowest BCUT2D eigenvalue weighted by Gasteiger charge is -2.14. The Bertz CT molecular complexity index is 488. The zero-order chi connectivity index (χ0) is 15.7. The van der Waals surface area contributed by atoms with Gasteiger partial charge in [0.2, 0.25) is 11.8 Å². The van der Waals surface area contributed by atoms with Crippen molar-refractivity contribution in [3.63, 3.8) is 0 Å². The van der Waals surface area contributed by atoms with E-state index in [1.54, 1.807) is 30.3 Å². The molecule has 0 aliphatic carbocycles. The monoisotopic (exact) mass is 292 g/mol. The van der Waals surface area contributed by atoms with Crippen molar-refractivity contribution in [3.05, 3.63) is 35.9 Å². The molecule has 2 amide bonds. The van der Waals surface area contributed by atoms with Crippen LogP contribution in [0.25, 0.3) is 0 Å². The van der Waals surface area contributed by atoms with E-state index >= 15 is 0 Å². The topological polar surface area (TPSA) is 95.5 Å². The average molecular weight is 292 g/mol. The third-order valence-electron chi connectivity index (χ3n) is 2.84. The first-order chi connectivity index (χ1) is 10.0. The molecule has 1 atom stereocenters. The summed E-state index contributed by atoms with van der Waals surface area (Å²) in [6.07, 6.45) is 0.839. The molecule has 0 bridgehead atoms. The van der Waals surface area contributed by atoms with E-state index in [-0.39, 0.29) is 18.7 Å². The molecular weight excluding hydrogens is 272 g/mol. The number of carbonyl (C=O) groups excluding carboxylic acids is 2. The number of aliphatic carboxylic acids is 1. The quantitative estimate of drug-likeness (QED) is 0.671. The minimum absolute atomic E-state index is 0.0356. The normalized spacial score (nSPS) is 11.5. The maximum atomic E-state index is 11.8. The number of carboxylic acid groups (broad SMARTS) is 1. The highest BCUT2D eigenvalue weighted by Crippen LogP contribution is 2.12. The maximum absolute atomic E-state index is 11.8. The maximum Gasteiger partial charge on any atom is 0.330 e. The van der Waals surface area contributed by atoms with Crippen LogP contribution in [0, 0.1) is 0 Å². The second kappa shape index (κ2) is 8.73. The van der Waals surface area contributed by atoms with E-state index in [0.29, 0.717) is 12.1 Å². The van der Waals surface area contributed by atoms with Crippen LogP contribution in [0.5, 0.6) is 0 Å². The van der Waals surface area contributed by atoms with Gasteiger partial charge in [0, 0.05) is 19.4 Å². The van der Waals surface area contributed by atoms with Gasteiger partial charge in [0.25, 0.3) is 0 Å². The molecule has 114 valence electrons. The SMILES string of the molecule is CCCNC(=O)CCC(=O)N[C@H](C(=O)O)c1ccccc1. The fourth-order valence-corrected chi connectivity index (χ4v) is 1.75. The summed E-state index contributed by atoms with van der Waals surface area (Å²) in [4.78, 5) is 34.4. The summed E-state index contributed by atoms with van der Waals surface area (Å²) in [5.74, 6) is -1.80. The number of hydrogen-bond donors (Lipinski definition) is 3. The first-order valence-corrected chi connectivity index (χ1v) is 6.88. The molecule has 0 aliphatic rings. The van der Waals surface area contributed by atoms with Crippen LogP contribution < -0.4 is 10.6 Å². The number of carbonyl (C=O) groups is 3. The summed E-state index contributed by atoms with van der Waals surface area (Å²) in [7, 11) is 0. The zero-order valence-electron chi connectivity index (χ0n) is 12.0. The van der Waals surface area contributed by atoms with E-state index in [1.165, 1.54) is 0 Å². The van der Waals surface area contributed by atoms with Gasteiger partial charge in [-0.2, -0.15) is 0 Å². The highest BCUT2D eigenvalue weighted by atomic mass is 16.4. The molecule has 1 aromatic rings. The standard InChI is InChI=1S/C15H20N2O4/c1-2-10-16-12(18)8-9-13(19)17-14(15(20)21)11-6-4-3-5-7-11/h3-7,14H,2,8-10H2,1H3,(H,16,18)(H,17,19)(H,20,21)/t14-/m0/s1. The molecule has 0 radical (unpaired) electrons. The highest BCUT2D eigenvalue weighted by Gasteiger charge is 2.21. The molecular formula is C15H20N2O4. The third kappa shape index (κ3) is 6.07. The minimum atomic E-state index is -1.13. The molecule has 0 heterocycles. The number of benzene rings is 1. The van der Waals surface area contributed by atoms with Gasteiger partial charge in [0.05, 0.1) is 0 Å². The van der Waals surface area contributed by atoms with Crippen LogP contribution in [-0.4, -0.2) is 29.4 Å².